The van der Waals surface area contributed by atoms with Gasteiger partial charge in [0.15, 0.2) is 23.2 Å². The highest BCUT2D eigenvalue weighted by Crippen LogP contribution is 2.49. The molecule has 66 heavy (non-hydrogen) atoms. The van der Waals surface area contributed by atoms with E-state index in [0.29, 0.717) is 22.7 Å². The molecule has 0 radical (unpaired) electrons. The first-order valence-corrected chi connectivity index (χ1v) is 22.7. The standard InChI is InChI=1S/C55H54N6O5/c1-64-44-30-26-40(27-31-44)54(38-18-8-3-9-19-38,39-20-10-4-11-21-39)50(63)49-47(60-34-16-7-17-35-60)48(62)53(66-49)61-37-58-46-51(56-36-57-52(46)61)59-55(41-22-12-5-13-23-41,42-24-14-6-15-25-42)43-28-32-45(65-2)33-29-43/h3-6,8-15,18-33,36-37,47-50,53,62-63H,7,16-17,34-35H2,1-2H3,(H,56,57,59)/t47-,48+,49-,50?,53+/m0/s1. The molecular formula is C55H54N6O5. The maximum atomic E-state index is 13.6. The van der Waals surface area contributed by atoms with Gasteiger partial charge >= 0.3 is 0 Å². The molecule has 334 valence electrons. The summed E-state index contributed by atoms with van der Waals surface area (Å²) in [5.41, 5.74) is 4.49. The third-order valence-corrected chi connectivity index (χ3v) is 13.7. The second kappa shape index (κ2) is 18.5. The highest BCUT2D eigenvalue weighted by Gasteiger charge is 2.57. The minimum absolute atomic E-state index is 0.473. The average Bonchev–Trinajstić information content (AvgIpc) is 3.98. The van der Waals surface area contributed by atoms with Crippen molar-refractivity contribution >= 4 is 17.0 Å². The number of hydrogen-bond donors (Lipinski definition) is 3. The van der Waals surface area contributed by atoms with Gasteiger partial charge in [0.05, 0.1) is 38.1 Å². The van der Waals surface area contributed by atoms with Crippen molar-refractivity contribution in [1.82, 2.24) is 24.4 Å². The summed E-state index contributed by atoms with van der Waals surface area (Å²) >= 11 is 0. The number of hydrogen-bond acceptors (Lipinski definition) is 10. The molecule has 0 bridgehead atoms. The van der Waals surface area contributed by atoms with Crippen LogP contribution in [0.3, 0.4) is 0 Å². The van der Waals surface area contributed by atoms with Crippen LogP contribution in [-0.4, -0.2) is 86.3 Å². The van der Waals surface area contributed by atoms with Gasteiger partial charge in [-0.25, -0.2) is 15.0 Å². The largest absolute Gasteiger partial charge is 0.497 e. The zero-order valence-electron chi connectivity index (χ0n) is 37.1. The van der Waals surface area contributed by atoms with Crippen molar-refractivity contribution in [2.45, 2.75) is 60.8 Å². The number of benzene rings is 6. The van der Waals surface area contributed by atoms with E-state index in [4.69, 9.17) is 29.2 Å². The first-order chi connectivity index (χ1) is 32.5. The molecule has 0 saturated carbocycles. The second-order valence-corrected chi connectivity index (χ2v) is 17.2. The van der Waals surface area contributed by atoms with Crippen molar-refractivity contribution in [3.8, 4) is 11.5 Å². The molecule has 1 unspecified atom stereocenters. The summed E-state index contributed by atoms with van der Waals surface area (Å²) in [4.78, 5) is 17.0. The summed E-state index contributed by atoms with van der Waals surface area (Å²) in [7, 11) is 3.31. The number of anilines is 1. The highest BCUT2D eigenvalue weighted by molar-refractivity contribution is 5.84. The van der Waals surface area contributed by atoms with Crippen molar-refractivity contribution in [1.29, 1.82) is 0 Å². The topological polar surface area (TPSA) is 127 Å². The molecule has 0 aliphatic carbocycles. The van der Waals surface area contributed by atoms with Crippen molar-refractivity contribution in [2.75, 3.05) is 32.6 Å². The van der Waals surface area contributed by atoms with Crippen LogP contribution in [-0.2, 0) is 15.7 Å². The molecule has 0 amide bonds. The van der Waals surface area contributed by atoms with Crippen LogP contribution in [0.5, 0.6) is 11.5 Å². The summed E-state index contributed by atoms with van der Waals surface area (Å²) in [5.74, 6) is 1.94. The summed E-state index contributed by atoms with van der Waals surface area (Å²) in [6.07, 6.45) is 2.16. The molecule has 0 spiro atoms. The van der Waals surface area contributed by atoms with E-state index in [1.54, 1.807) is 25.1 Å². The Labute approximate surface area is 385 Å². The van der Waals surface area contributed by atoms with Crippen molar-refractivity contribution < 1.29 is 24.4 Å². The van der Waals surface area contributed by atoms with Gasteiger partial charge in [-0.05, 0) is 83.6 Å². The second-order valence-electron chi connectivity index (χ2n) is 17.2. The van der Waals surface area contributed by atoms with Gasteiger partial charge in [-0.2, -0.15) is 0 Å². The Balaban J connectivity index is 1.11. The van der Waals surface area contributed by atoms with Crippen LogP contribution in [0.2, 0.25) is 0 Å². The monoisotopic (exact) mass is 878 g/mol. The number of nitrogens with zero attached hydrogens (tertiary/aromatic N) is 5. The number of rotatable bonds is 14. The lowest BCUT2D eigenvalue weighted by atomic mass is 9.63. The fourth-order valence-electron chi connectivity index (χ4n) is 10.6. The number of aliphatic hydroxyl groups excluding tert-OH is 2. The number of fused-ring (bicyclic) bond motifs is 1. The van der Waals surface area contributed by atoms with Gasteiger partial charge in [-0.3, -0.25) is 9.47 Å². The van der Waals surface area contributed by atoms with E-state index in [9.17, 15) is 10.2 Å². The van der Waals surface area contributed by atoms with Gasteiger partial charge in [0, 0.05) is 0 Å². The fraction of sp³-hybridized carbons (Fsp3) is 0.255. The predicted molar refractivity (Wildman–Crippen MR) is 256 cm³/mol. The summed E-state index contributed by atoms with van der Waals surface area (Å²) in [6, 6.07) is 56.1. The van der Waals surface area contributed by atoms with Crippen molar-refractivity contribution in [3.05, 3.63) is 216 Å². The lowest BCUT2D eigenvalue weighted by Gasteiger charge is -2.45. The molecule has 11 heteroatoms. The fourth-order valence-corrected chi connectivity index (χ4v) is 10.6. The highest BCUT2D eigenvalue weighted by atomic mass is 16.5. The van der Waals surface area contributed by atoms with Gasteiger partial charge in [0.1, 0.15) is 35.6 Å². The minimum Gasteiger partial charge on any atom is -0.497 e. The number of likely N-dealkylation sites (tertiary alicyclic amines) is 1. The third-order valence-electron chi connectivity index (χ3n) is 13.7. The van der Waals surface area contributed by atoms with E-state index in [-0.39, 0.29) is 0 Å². The molecule has 2 saturated heterocycles. The van der Waals surface area contributed by atoms with Gasteiger partial charge in [-0.1, -0.05) is 152 Å². The van der Waals surface area contributed by atoms with Gasteiger partial charge < -0.3 is 29.7 Å². The van der Waals surface area contributed by atoms with Gasteiger partial charge in [0.25, 0.3) is 0 Å². The van der Waals surface area contributed by atoms with Crippen LogP contribution in [0.25, 0.3) is 11.2 Å². The molecule has 10 rings (SSSR count). The molecule has 3 N–H and O–H groups in total. The number of aliphatic hydroxyl groups is 2. The molecule has 8 aromatic rings. The van der Waals surface area contributed by atoms with Crippen molar-refractivity contribution in [3.63, 3.8) is 0 Å². The minimum atomic E-state index is -1.19. The Morgan fingerprint density at radius 3 is 1.59 bits per heavy atom. The molecule has 2 aliphatic rings. The van der Waals surface area contributed by atoms with Gasteiger partial charge in [0.2, 0.25) is 0 Å². The van der Waals surface area contributed by atoms with E-state index in [1.165, 1.54) is 6.33 Å². The number of methoxy groups -OCH3 is 2. The maximum absolute atomic E-state index is 13.6. The van der Waals surface area contributed by atoms with Crippen molar-refractivity contribution in [2.24, 2.45) is 0 Å². The predicted octanol–water partition coefficient (Wildman–Crippen LogP) is 8.76. The van der Waals surface area contributed by atoms with E-state index in [2.05, 4.69) is 70.9 Å². The molecule has 11 nitrogen and oxygen atoms in total. The van der Waals surface area contributed by atoms with E-state index in [1.807, 2.05) is 109 Å². The Hall–Kier alpha value is -6.89. The van der Waals surface area contributed by atoms with Crippen LogP contribution < -0.4 is 14.8 Å². The number of imidazole rings is 1. The Morgan fingerprint density at radius 1 is 0.606 bits per heavy atom. The lowest BCUT2D eigenvalue weighted by Crippen LogP contribution is -2.58. The summed E-state index contributed by atoms with van der Waals surface area (Å²) in [6.45, 7) is 1.53. The zero-order valence-corrected chi connectivity index (χ0v) is 37.1. The van der Waals surface area contributed by atoms with Crippen LogP contribution >= 0.6 is 0 Å². The smallest absolute Gasteiger partial charge is 0.167 e. The molecule has 2 fully saturated rings. The van der Waals surface area contributed by atoms with E-state index >= 15 is 0 Å². The number of aromatic nitrogens is 4. The number of nitrogens with one attached hydrogen (secondary N) is 1. The first-order valence-electron chi connectivity index (χ1n) is 22.7. The molecular weight excluding hydrogens is 825 g/mol. The number of piperidine rings is 1. The van der Waals surface area contributed by atoms with Crippen LogP contribution in [0.1, 0.15) is 58.9 Å². The lowest BCUT2D eigenvalue weighted by molar-refractivity contribution is -0.0931. The quantitative estimate of drug-likeness (QED) is 0.0914. The van der Waals surface area contributed by atoms with E-state index in [0.717, 1.165) is 71.5 Å². The van der Waals surface area contributed by atoms with Gasteiger partial charge in [-0.15, -0.1) is 0 Å². The third kappa shape index (κ3) is 7.47. The SMILES string of the molecule is COc1ccc(C(Nc2ncnc3c2ncn3[C@@H]2O[C@H](C(O)C(c3ccccc3)(c3ccccc3)c3ccc(OC)cc3)[C@@H](N3CCCCC3)[C@H]2O)(c2ccccc2)c2ccccc2)cc1. The molecule has 2 aliphatic heterocycles. The summed E-state index contributed by atoms with van der Waals surface area (Å²) < 4.78 is 20.2. The van der Waals surface area contributed by atoms with Crippen LogP contribution in [0.15, 0.2) is 183 Å². The zero-order chi connectivity index (χ0) is 45.1. The number of ether oxygens (including phenoxy) is 3. The Bertz CT molecular complexity index is 2750. The molecule has 2 aromatic heterocycles. The maximum Gasteiger partial charge on any atom is 0.167 e. The Morgan fingerprint density at radius 2 is 1.08 bits per heavy atom. The van der Waals surface area contributed by atoms with E-state index < -0.39 is 41.5 Å². The normalized spacial score (nSPS) is 19.6. The van der Waals surface area contributed by atoms with Crippen LogP contribution in [0.4, 0.5) is 5.82 Å². The first kappa shape index (κ1) is 43.0. The molecule has 6 aromatic carbocycles. The molecule has 4 heterocycles. The Kier molecular flexibility index (Phi) is 12.1. The summed E-state index contributed by atoms with van der Waals surface area (Å²) in [5, 5.41) is 30.3. The van der Waals surface area contributed by atoms with Crippen LogP contribution in [0, 0.1) is 0 Å². The average molecular weight is 879 g/mol. The molecule has 5 atom stereocenters.